The van der Waals surface area contributed by atoms with Crippen molar-refractivity contribution >= 4 is 77.2 Å². The first-order valence-corrected chi connectivity index (χ1v) is 35.6. The van der Waals surface area contributed by atoms with Gasteiger partial charge in [0.1, 0.15) is 34.8 Å². The van der Waals surface area contributed by atoms with Gasteiger partial charge in [0.2, 0.25) is 0 Å². The van der Waals surface area contributed by atoms with Crippen LogP contribution in [-0.4, -0.2) is 162 Å². The number of hydrogen-bond donors (Lipinski definition) is 2. The average molecular weight is 1230 g/mol. The number of hydrazine groups is 1. The fourth-order valence-electron chi connectivity index (χ4n) is 11.5. The average Bonchev–Trinajstić information content (AvgIpc) is 1.67. The molecule has 85 heavy (non-hydrogen) atoms. The SMILES string of the molecule is CCn1c(-c2cc(N3CCN(C4CC4)CC3)cnc2[C@H](C)OC)c2c3cc(ccc31)-c1csc(n1)[C@@H](OCc1csc(C(=O)N(C)[C@H](C(=O)OCC[Si](C)(C)C)C(C)C)n1)[C@H](NC(=O)OC(C)(C)C)C(=O)N1CCC[C@H](N1)C(=O)OCC(C)(C)C2. The Morgan fingerprint density at radius 1 is 0.988 bits per heavy atom. The number of likely N-dealkylation sites (N-methyl/N-ethyl adjacent to an activating group) is 1. The number of benzene rings is 1. The quantitative estimate of drug-likeness (QED) is 0.0504. The van der Waals surface area contributed by atoms with Crippen molar-refractivity contribution in [3.05, 3.63) is 68.2 Å². The summed E-state index contributed by atoms with van der Waals surface area (Å²) in [7, 11) is 1.81. The van der Waals surface area contributed by atoms with Gasteiger partial charge in [-0.15, -0.1) is 22.7 Å². The number of methoxy groups -OCH3 is 1. The summed E-state index contributed by atoms with van der Waals surface area (Å²) in [6, 6.07) is 6.96. The summed E-state index contributed by atoms with van der Waals surface area (Å²) in [4.78, 5) is 92.7. The molecule has 6 bridgehead atoms. The first kappa shape index (κ1) is 63.7. The maximum Gasteiger partial charge on any atom is 0.408 e. The van der Waals surface area contributed by atoms with Crippen molar-refractivity contribution in [2.24, 2.45) is 11.3 Å². The number of thiazole rings is 2. The summed E-state index contributed by atoms with van der Waals surface area (Å²) < 4.78 is 33.0. The number of alkyl carbamates (subject to hydrolysis) is 1. The molecule has 4 aliphatic rings. The predicted octanol–water partition coefficient (Wildman–Crippen LogP) is 10.0. The number of carbonyl (C=O) groups is 5. The molecule has 2 saturated heterocycles. The second-order valence-corrected chi connectivity index (χ2v) is 33.8. The van der Waals surface area contributed by atoms with E-state index in [9.17, 15) is 19.2 Å². The minimum absolute atomic E-state index is 0.0822. The van der Waals surface area contributed by atoms with E-state index >= 15 is 4.79 Å². The number of carbonyl (C=O) groups excluding carboxylic acids is 5. The number of esters is 2. The van der Waals surface area contributed by atoms with Gasteiger partial charge in [-0.05, 0) is 102 Å². The molecule has 1 aromatic carbocycles. The molecule has 0 spiro atoms. The summed E-state index contributed by atoms with van der Waals surface area (Å²) in [5.41, 5.74) is 9.40. The number of piperazine rings is 1. The molecule has 1 aliphatic carbocycles. The van der Waals surface area contributed by atoms with E-state index in [4.69, 9.17) is 38.6 Å². The molecular formula is C62H88N10O10S2Si. The Morgan fingerprint density at radius 3 is 2.40 bits per heavy atom. The predicted molar refractivity (Wildman–Crippen MR) is 333 cm³/mol. The molecule has 20 nitrogen and oxygen atoms in total. The van der Waals surface area contributed by atoms with E-state index in [-0.39, 0.29) is 43.4 Å². The van der Waals surface area contributed by atoms with Gasteiger partial charge in [-0.3, -0.25) is 29.3 Å². The fourth-order valence-corrected chi connectivity index (χ4v) is 13.9. The molecule has 23 heteroatoms. The van der Waals surface area contributed by atoms with Crippen LogP contribution in [0.5, 0.6) is 0 Å². The van der Waals surface area contributed by atoms with E-state index in [0.29, 0.717) is 48.2 Å². The molecule has 3 fully saturated rings. The number of aromatic nitrogens is 4. The number of nitrogens with zero attached hydrogens (tertiary/aromatic N) is 8. The van der Waals surface area contributed by atoms with Crippen LogP contribution in [0, 0.1) is 11.3 Å². The van der Waals surface area contributed by atoms with Gasteiger partial charge in [-0.1, -0.05) is 53.4 Å². The number of pyridine rings is 1. The highest BCUT2D eigenvalue weighted by molar-refractivity contribution is 7.11. The highest BCUT2D eigenvalue weighted by Crippen LogP contribution is 2.44. The number of fused-ring (bicyclic) bond motifs is 6. The molecule has 4 aromatic heterocycles. The van der Waals surface area contributed by atoms with Crippen LogP contribution in [0.1, 0.15) is 132 Å². The zero-order chi connectivity index (χ0) is 61.3. The molecule has 5 aromatic rings. The Labute approximate surface area is 509 Å². The van der Waals surface area contributed by atoms with Crippen molar-refractivity contribution in [2.45, 2.75) is 175 Å². The Kier molecular flexibility index (Phi) is 19.7. The van der Waals surface area contributed by atoms with Crippen LogP contribution in [0.15, 0.2) is 41.2 Å². The van der Waals surface area contributed by atoms with Gasteiger partial charge in [0.25, 0.3) is 11.8 Å². The van der Waals surface area contributed by atoms with E-state index < -0.39 is 73.2 Å². The molecule has 7 heterocycles. The molecule has 1 saturated carbocycles. The lowest BCUT2D eigenvalue weighted by Gasteiger charge is -2.37. The summed E-state index contributed by atoms with van der Waals surface area (Å²) in [6.07, 6.45) is 3.48. The van der Waals surface area contributed by atoms with Crippen LogP contribution in [0.25, 0.3) is 33.4 Å². The van der Waals surface area contributed by atoms with E-state index in [0.717, 1.165) is 88.2 Å². The lowest BCUT2D eigenvalue weighted by molar-refractivity contribution is -0.156. The van der Waals surface area contributed by atoms with E-state index in [1.165, 1.54) is 34.1 Å². The molecule has 3 amide bonds. The Balaban J connectivity index is 1.12. The van der Waals surface area contributed by atoms with Gasteiger partial charge in [-0.2, -0.15) is 0 Å². The molecular weight excluding hydrogens is 1140 g/mol. The van der Waals surface area contributed by atoms with Crippen LogP contribution in [-0.2, 0) is 57.6 Å². The second-order valence-electron chi connectivity index (χ2n) is 26.5. The number of amides is 3. The van der Waals surface area contributed by atoms with Gasteiger partial charge in [0, 0.05) is 106 Å². The monoisotopic (exact) mass is 1220 g/mol. The van der Waals surface area contributed by atoms with Crippen LogP contribution in [0.2, 0.25) is 25.7 Å². The van der Waals surface area contributed by atoms with Crippen LogP contribution >= 0.6 is 22.7 Å². The van der Waals surface area contributed by atoms with Crippen LogP contribution < -0.4 is 15.6 Å². The van der Waals surface area contributed by atoms with Crippen molar-refractivity contribution in [3.63, 3.8) is 0 Å². The van der Waals surface area contributed by atoms with Crippen LogP contribution in [0.3, 0.4) is 0 Å². The van der Waals surface area contributed by atoms with Crippen molar-refractivity contribution in [2.75, 3.05) is 65.0 Å². The third kappa shape index (κ3) is 15.1. The zero-order valence-corrected chi connectivity index (χ0v) is 54.8. The second kappa shape index (κ2) is 26.3. The highest BCUT2D eigenvalue weighted by atomic mass is 32.1. The number of rotatable bonds is 17. The normalized spacial score (nSPS) is 20.7. The number of aryl methyl sites for hydroxylation is 1. The van der Waals surface area contributed by atoms with E-state index in [2.05, 4.69) is 89.8 Å². The highest BCUT2D eigenvalue weighted by Gasteiger charge is 2.42. The van der Waals surface area contributed by atoms with E-state index in [1.54, 1.807) is 40.3 Å². The molecule has 462 valence electrons. The lowest BCUT2D eigenvalue weighted by atomic mass is 9.84. The first-order chi connectivity index (χ1) is 40.2. The van der Waals surface area contributed by atoms with Crippen LogP contribution in [0.4, 0.5) is 10.5 Å². The maximum absolute atomic E-state index is 15.2. The maximum atomic E-state index is 15.2. The van der Waals surface area contributed by atoms with Gasteiger partial charge in [-0.25, -0.2) is 25.0 Å². The first-order valence-electron chi connectivity index (χ1n) is 30.1. The smallest absolute Gasteiger partial charge is 0.408 e. The third-order valence-corrected chi connectivity index (χ3v) is 19.8. The minimum Gasteiger partial charge on any atom is -0.464 e. The van der Waals surface area contributed by atoms with Gasteiger partial charge < -0.3 is 43.4 Å². The van der Waals surface area contributed by atoms with Crippen molar-refractivity contribution in [3.8, 4) is 22.5 Å². The summed E-state index contributed by atoms with van der Waals surface area (Å²) in [6.45, 7) is 28.8. The molecule has 3 aliphatic heterocycles. The minimum atomic E-state index is -1.48. The zero-order valence-electron chi connectivity index (χ0n) is 52.2. The molecule has 0 unspecified atom stereocenters. The number of hydrogen-bond acceptors (Lipinski definition) is 18. The molecule has 2 N–H and O–H groups in total. The summed E-state index contributed by atoms with van der Waals surface area (Å²) in [5.74, 6) is -2.28. The standard InChI is InChI=1S/C62H88N10O10S2Si/c1-15-71-48-21-18-39-29-43(48)45(52(71)44-30-42(32-63-49(44)38(4)78-11)70-25-23-69(24-26-70)41-19-20-41)31-62(8,9)36-81-58(75)46-17-16-22-72(67-46)56(73)50(66-60(77)82-61(5,6)7)53(54-65-47(39)35-84-54)80-33-40-34-83-55(64-40)57(74)68(10)51(37(2)3)59(76)79-27-28-85(12,13)14/h18,21,29-30,32,34-35,37-38,41,46,50-51,53,67H,15-17,19-20,22-28,31,33,36H2,1-14H3,(H,66,77)/t38-,46-,50-,51-,53-/m0/s1. The number of anilines is 1. The van der Waals surface area contributed by atoms with Gasteiger partial charge in [0.15, 0.2) is 5.01 Å². The van der Waals surface area contributed by atoms with Gasteiger partial charge >= 0.3 is 18.0 Å². The number of ether oxygens (including phenoxy) is 5. The van der Waals surface area contributed by atoms with E-state index in [1.807, 2.05) is 32.3 Å². The Bertz CT molecular complexity index is 3230. The number of nitrogens with one attached hydrogen (secondary N) is 2. The van der Waals surface area contributed by atoms with Gasteiger partial charge in [0.05, 0.1) is 60.6 Å². The Morgan fingerprint density at radius 2 is 1.73 bits per heavy atom. The largest absolute Gasteiger partial charge is 0.464 e. The molecule has 0 radical (unpaired) electrons. The van der Waals surface area contributed by atoms with Crippen molar-refractivity contribution in [1.29, 1.82) is 0 Å². The lowest BCUT2D eigenvalue weighted by Crippen LogP contribution is -2.61. The molecule has 9 rings (SSSR count). The topological polar surface area (TPSA) is 212 Å². The summed E-state index contributed by atoms with van der Waals surface area (Å²) >= 11 is 2.38. The Hall–Kier alpha value is -5.82. The fraction of sp³-hybridized carbons (Fsp3) is 0.613. The molecule has 5 atom stereocenters. The number of cyclic esters (lactones) is 1. The van der Waals surface area contributed by atoms with Crippen molar-refractivity contribution in [1.82, 2.24) is 45.1 Å². The summed E-state index contributed by atoms with van der Waals surface area (Å²) in [5, 5.41) is 9.30. The third-order valence-electron chi connectivity index (χ3n) is 16.3. The van der Waals surface area contributed by atoms with Crippen molar-refractivity contribution < 1.29 is 47.7 Å².